The molecule has 2 aliphatic heterocycles. The summed E-state index contributed by atoms with van der Waals surface area (Å²) in [6.45, 7) is 3.73. The SMILES string of the molecule is O=C(Nc1ccc(F)c(Cl)c1)N1CCN2[C@@H](COC[C@@H]2C2CC2)C1. The summed E-state index contributed by atoms with van der Waals surface area (Å²) in [5.41, 5.74) is 0.504. The number of carbonyl (C=O) groups is 1. The number of halogens is 2. The van der Waals surface area contributed by atoms with E-state index >= 15 is 0 Å². The first-order chi connectivity index (χ1) is 11.6. The molecule has 5 nitrogen and oxygen atoms in total. The van der Waals surface area contributed by atoms with Gasteiger partial charge in [-0.1, -0.05) is 11.6 Å². The Morgan fingerprint density at radius 3 is 2.88 bits per heavy atom. The fourth-order valence-corrected chi connectivity index (χ4v) is 3.90. The van der Waals surface area contributed by atoms with Crippen LogP contribution in [0.4, 0.5) is 14.9 Å². The molecule has 7 heteroatoms. The molecule has 4 rings (SSSR count). The van der Waals surface area contributed by atoms with E-state index in [1.165, 1.54) is 31.0 Å². The maximum atomic E-state index is 13.2. The predicted octanol–water partition coefficient (Wildman–Crippen LogP) is 2.81. The number of carbonyl (C=O) groups excluding carboxylic acids is 1. The number of nitrogens with zero attached hydrogens (tertiary/aromatic N) is 2. The number of nitrogens with one attached hydrogen (secondary N) is 1. The highest BCUT2D eigenvalue weighted by Gasteiger charge is 2.43. The van der Waals surface area contributed by atoms with Crippen LogP contribution in [0.3, 0.4) is 0 Å². The summed E-state index contributed by atoms with van der Waals surface area (Å²) in [7, 11) is 0. The number of ether oxygens (including phenoxy) is 1. The lowest BCUT2D eigenvalue weighted by molar-refractivity contribution is -0.0796. The second-order valence-corrected chi connectivity index (χ2v) is 7.25. The number of piperazine rings is 1. The zero-order valence-electron chi connectivity index (χ0n) is 13.4. The molecule has 1 aromatic rings. The topological polar surface area (TPSA) is 44.8 Å². The van der Waals surface area contributed by atoms with Gasteiger partial charge in [0, 0.05) is 31.4 Å². The summed E-state index contributed by atoms with van der Waals surface area (Å²) in [4.78, 5) is 16.8. The molecule has 24 heavy (non-hydrogen) atoms. The maximum Gasteiger partial charge on any atom is 0.321 e. The normalized spacial score (nSPS) is 27.7. The molecule has 3 aliphatic rings. The molecule has 0 aromatic heterocycles. The minimum atomic E-state index is -0.492. The Morgan fingerprint density at radius 1 is 1.29 bits per heavy atom. The van der Waals surface area contributed by atoms with E-state index in [2.05, 4.69) is 10.2 Å². The van der Waals surface area contributed by atoms with Gasteiger partial charge in [0.25, 0.3) is 0 Å². The molecule has 130 valence electrons. The van der Waals surface area contributed by atoms with Crippen LogP contribution >= 0.6 is 11.6 Å². The van der Waals surface area contributed by atoms with E-state index in [9.17, 15) is 9.18 Å². The molecule has 3 fully saturated rings. The van der Waals surface area contributed by atoms with Gasteiger partial charge < -0.3 is 15.0 Å². The van der Waals surface area contributed by atoms with Gasteiger partial charge in [0.1, 0.15) is 5.82 Å². The third kappa shape index (κ3) is 3.23. The molecule has 0 radical (unpaired) electrons. The minimum absolute atomic E-state index is 0.00516. The molecule has 0 spiro atoms. The third-order valence-electron chi connectivity index (χ3n) is 5.18. The van der Waals surface area contributed by atoms with Gasteiger partial charge >= 0.3 is 6.03 Å². The first-order valence-electron chi connectivity index (χ1n) is 8.46. The van der Waals surface area contributed by atoms with Crippen molar-refractivity contribution in [2.75, 3.05) is 38.2 Å². The number of morpholine rings is 1. The second-order valence-electron chi connectivity index (χ2n) is 6.84. The van der Waals surface area contributed by atoms with Crippen LogP contribution in [0.2, 0.25) is 5.02 Å². The maximum absolute atomic E-state index is 13.2. The van der Waals surface area contributed by atoms with Crippen molar-refractivity contribution in [3.63, 3.8) is 0 Å². The number of anilines is 1. The molecule has 0 unspecified atom stereocenters. The van der Waals surface area contributed by atoms with Gasteiger partial charge in [-0.3, -0.25) is 4.90 Å². The molecule has 1 saturated carbocycles. The number of benzene rings is 1. The molecular weight excluding hydrogens is 333 g/mol. The summed E-state index contributed by atoms with van der Waals surface area (Å²) in [5.74, 6) is 0.281. The van der Waals surface area contributed by atoms with Crippen molar-refractivity contribution in [3.05, 3.63) is 29.0 Å². The van der Waals surface area contributed by atoms with Crippen LogP contribution in [-0.4, -0.2) is 60.8 Å². The van der Waals surface area contributed by atoms with Crippen molar-refractivity contribution < 1.29 is 13.9 Å². The monoisotopic (exact) mass is 353 g/mol. The molecule has 1 N–H and O–H groups in total. The Morgan fingerprint density at radius 2 is 2.12 bits per heavy atom. The zero-order chi connectivity index (χ0) is 16.7. The molecule has 1 aromatic carbocycles. The predicted molar refractivity (Wildman–Crippen MR) is 89.8 cm³/mol. The molecular formula is C17H21ClFN3O2. The molecule has 2 saturated heterocycles. The molecule has 2 amide bonds. The van der Waals surface area contributed by atoms with Crippen molar-refractivity contribution in [2.24, 2.45) is 5.92 Å². The Hall–Kier alpha value is -1.37. The standard InChI is InChI=1S/C17H21ClFN3O2/c18-14-7-12(3-4-15(14)19)20-17(23)21-5-6-22-13(8-21)9-24-10-16(22)11-1-2-11/h3-4,7,11,13,16H,1-2,5-6,8-10H2,(H,20,23)/t13-,16-/m1/s1. The van der Waals surface area contributed by atoms with Crippen molar-refractivity contribution in [1.82, 2.24) is 9.80 Å². The van der Waals surface area contributed by atoms with Gasteiger partial charge in [0.2, 0.25) is 0 Å². The van der Waals surface area contributed by atoms with Crippen LogP contribution in [0.25, 0.3) is 0 Å². The summed E-state index contributed by atoms with van der Waals surface area (Å²) >= 11 is 5.76. The summed E-state index contributed by atoms with van der Waals surface area (Å²) in [6, 6.07) is 4.81. The van der Waals surface area contributed by atoms with E-state index in [-0.39, 0.29) is 17.1 Å². The molecule has 0 bridgehead atoms. The quantitative estimate of drug-likeness (QED) is 0.889. The van der Waals surface area contributed by atoms with E-state index < -0.39 is 5.82 Å². The average Bonchev–Trinajstić information content (AvgIpc) is 3.42. The zero-order valence-corrected chi connectivity index (χ0v) is 14.1. The summed E-state index contributed by atoms with van der Waals surface area (Å²) in [6.07, 6.45) is 2.60. The Bertz CT molecular complexity index is 640. The van der Waals surface area contributed by atoms with Gasteiger partial charge in [0.05, 0.1) is 24.3 Å². The van der Waals surface area contributed by atoms with E-state index in [4.69, 9.17) is 16.3 Å². The fourth-order valence-electron chi connectivity index (χ4n) is 3.72. The largest absolute Gasteiger partial charge is 0.378 e. The van der Waals surface area contributed by atoms with E-state index in [1.807, 2.05) is 0 Å². The van der Waals surface area contributed by atoms with Crippen LogP contribution in [-0.2, 0) is 4.74 Å². The van der Waals surface area contributed by atoms with Gasteiger partial charge in [0.15, 0.2) is 0 Å². The first kappa shape index (κ1) is 16.1. The summed E-state index contributed by atoms with van der Waals surface area (Å²) in [5, 5.41) is 2.80. The smallest absolute Gasteiger partial charge is 0.321 e. The number of fused-ring (bicyclic) bond motifs is 1. The third-order valence-corrected chi connectivity index (χ3v) is 5.47. The Kier molecular flexibility index (Phi) is 4.37. The molecule has 1 aliphatic carbocycles. The van der Waals surface area contributed by atoms with Crippen LogP contribution in [0.1, 0.15) is 12.8 Å². The number of amides is 2. The average molecular weight is 354 g/mol. The number of hydrogen-bond donors (Lipinski definition) is 1. The van der Waals surface area contributed by atoms with Gasteiger partial charge in [-0.25, -0.2) is 9.18 Å². The minimum Gasteiger partial charge on any atom is -0.378 e. The van der Waals surface area contributed by atoms with Crippen molar-refractivity contribution in [1.29, 1.82) is 0 Å². The number of hydrogen-bond acceptors (Lipinski definition) is 3. The highest BCUT2D eigenvalue weighted by molar-refractivity contribution is 6.31. The van der Waals surface area contributed by atoms with Crippen LogP contribution in [0.15, 0.2) is 18.2 Å². The van der Waals surface area contributed by atoms with Gasteiger partial charge in [-0.05, 0) is 37.0 Å². The highest BCUT2D eigenvalue weighted by Crippen LogP contribution is 2.38. The van der Waals surface area contributed by atoms with Crippen molar-refractivity contribution in [3.8, 4) is 0 Å². The van der Waals surface area contributed by atoms with Gasteiger partial charge in [-0.2, -0.15) is 0 Å². The first-order valence-corrected chi connectivity index (χ1v) is 8.84. The van der Waals surface area contributed by atoms with Gasteiger partial charge in [-0.15, -0.1) is 0 Å². The van der Waals surface area contributed by atoms with Crippen LogP contribution < -0.4 is 5.32 Å². The number of urea groups is 1. The Labute approximate surface area is 145 Å². The van der Waals surface area contributed by atoms with E-state index in [0.29, 0.717) is 31.4 Å². The van der Waals surface area contributed by atoms with Crippen molar-refractivity contribution in [2.45, 2.75) is 24.9 Å². The van der Waals surface area contributed by atoms with Crippen molar-refractivity contribution >= 4 is 23.3 Å². The lowest BCUT2D eigenvalue weighted by Gasteiger charge is -2.48. The fraction of sp³-hybridized carbons (Fsp3) is 0.588. The van der Waals surface area contributed by atoms with E-state index in [0.717, 1.165) is 19.1 Å². The van der Waals surface area contributed by atoms with Crippen LogP contribution in [0, 0.1) is 11.7 Å². The second kappa shape index (κ2) is 6.50. The molecule has 2 heterocycles. The number of rotatable bonds is 2. The summed E-state index contributed by atoms with van der Waals surface area (Å²) < 4.78 is 19.0. The highest BCUT2D eigenvalue weighted by atomic mass is 35.5. The van der Waals surface area contributed by atoms with Crippen LogP contribution in [0.5, 0.6) is 0 Å². The molecule has 2 atom stereocenters. The van der Waals surface area contributed by atoms with E-state index in [1.54, 1.807) is 4.90 Å². The Balaban J connectivity index is 1.38. The lowest BCUT2D eigenvalue weighted by atomic mass is 10.0. The lowest BCUT2D eigenvalue weighted by Crippen LogP contribution is -2.63.